The molecule has 0 saturated heterocycles. The Morgan fingerprint density at radius 3 is 2.48 bits per heavy atom. The van der Waals surface area contributed by atoms with Crippen molar-refractivity contribution >= 4 is 17.6 Å². The van der Waals surface area contributed by atoms with Crippen LogP contribution in [-0.2, 0) is 0 Å². The summed E-state index contributed by atoms with van der Waals surface area (Å²) in [5, 5.41) is 0. The molecule has 6 nitrogen and oxygen atoms in total. The number of nitrogens with two attached hydrogens (primary N) is 3. The maximum Gasteiger partial charge on any atom is 0.223 e. The Morgan fingerprint density at radius 2 is 1.86 bits per heavy atom. The van der Waals surface area contributed by atoms with Crippen LogP contribution in [-0.4, -0.2) is 18.0 Å². The summed E-state index contributed by atoms with van der Waals surface area (Å²) in [5.74, 6) is -0.565. The molecule has 0 unspecified atom stereocenters. The molecule has 114 valence electrons. The number of ether oxygens (including phenoxy) is 1. The minimum absolute atomic E-state index is 0.0920. The van der Waals surface area contributed by atoms with Crippen LogP contribution in [0.3, 0.4) is 0 Å². The Labute approximate surface area is 122 Å². The van der Waals surface area contributed by atoms with Gasteiger partial charge in [0, 0.05) is 6.07 Å². The van der Waals surface area contributed by atoms with E-state index in [0.29, 0.717) is 5.69 Å². The van der Waals surface area contributed by atoms with Crippen molar-refractivity contribution in [2.45, 2.75) is 38.2 Å². The van der Waals surface area contributed by atoms with Gasteiger partial charge in [-0.05, 0) is 37.8 Å². The second-order valence-electron chi connectivity index (χ2n) is 5.00. The first-order chi connectivity index (χ1) is 10.0. The van der Waals surface area contributed by atoms with Crippen molar-refractivity contribution in [2.75, 3.05) is 0 Å². The zero-order chi connectivity index (χ0) is 15.2. The molecular weight excluding hydrogens is 273 g/mol. The highest BCUT2D eigenvalue weighted by Crippen LogP contribution is 2.27. The lowest BCUT2D eigenvalue weighted by atomic mass is 9.98. The number of guanidine groups is 2. The van der Waals surface area contributed by atoms with Crippen LogP contribution in [0.4, 0.5) is 10.1 Å². The van der Waals surface area contributed by atoms with E-state index in [1.165, 1.54) is 12.5 Å². The standard InChI is InChI=1S/C14H20FN5O/c15-11-8-9(19-14(18)20-13(16)17)6-7-12(11)21-10-4-2-1-3-5-10/h6-8,10H,1-5H2,(H6,16,17,18,19,20). The molecule has 0 atom stereocenters. The number of benzene rings is 1. The molecule has 21 heavy (non-hydrogen) atoms. The lowest BCUT2D eigenvalue weighted by molar-refractivity contribution is 0.149. The molecule has 1 saturated carbocycles. The second-order valence-corrected chi connectivity index (χ2v) is 5.00. The first-order valence-electron chi connectivity index (χ1n) is 6.94. The number of aliphatic imine (C=N–C) groups is 2. The van der Waals surface area contributed by atoms with Crippen LogP contribution in [0.15, 0.2) is 28.2 Å². The predicted molar refractivity (Wildman–Crippen MR) is 81.0 cm³/mol. The lowest BCUT2D eigenvalue weighted by Crippen LogP contribution is -2.26. The first-order valence-corrected chi connectivity index (χ1v) is 6.94. The summed E-state index contributed by atoms with van der Waals surface area (Å²) in [4.78, 5) is 7.46. The normalized spacial score (nSPS) is 16.5. The van der Waals surface area contributed by atoms with E-state index >= 15 is 0 Å². The SMILES string of the molecule is NC(N)=NC(N)=Nc1ccc(OC2CCCCC2)c(F)c1. The summed E-state index contributed by atoms with van der Waals surface area (Å²) in [5.41, 5.74) is 16.2. The molecule has 1 fully saturated rings. The topological polar surface area (TPSA) is 112 Å². The third kappa shape index (κ3) is 4.62. The molecule has 0 spiro atoms. The highest BCUT2D eigenvalue weighted by molar-refractivity contribution is 5.93. The molecule has 1 aromatic rings. The molecule has 1 aliphatic carbocycles. The van der Waals surface area contributed by atoms with Gasteiger partial charge in [-0.3, -0.25) is 0 Å². The average molecular weight is 293 g/mol. The number of hydrogen-bond acceptors (Lipinski definition) is 2. The minimum atomic E-state index is -0.473. The Morgan fingerprint density at radius 1 is 1.14 bits per heavy atom. The van der Waals surface area contributed by atoms with Gasteiger partial charge in [-0.15, -0.1) is 0 Å². The molecule has 0 aliphatic heterocycles. The van der Waals surface area contributed by atoms with Gasteiger partial charge >= 0.3 is 0 Å². The molecule has 0 heterocycles. The van der Waals surface area contributed by atoms with Gasteiger partial charge in [0.2, 0.25) is 5.96 Å². The highest BCUT2D eigenvalue weighted by Gasteiger charge is 2.16. The molecule has 0 radical (unpaired) electrons. The summed E-state index contributed by atoms with van der Waals surface area (Å²) in [6, 6.07) is 4.40. The zero-order valence-electron chi connectivity index (χ0n) is 11.8. The molecule has 6 N–H and O–H groups in total. The van der Waals surface area contributed by atoms with Crippen molar-refractivity contribution in [1.82, 2.24) is 0 Å². The number of rotatable bonds is 3. The summed E-state index contributed by atoms with van der Waals surface area (Å²) in [6.45, 7) is 0. The van der Waals surface area contributed by atoms with Crippen molar-refractivity contribution in [3.8, 4) is 5.75 Å². The third-order valence-corrected chi connectivity index (χ3v) is 3.25. The summed E-state index contributed by atoms with van der Waals surface area (Å²) < 4.78 is 19.7. The first kappa shape index (κ1) is 15.1. The van der Waals surface area contributed by atoms with E-state index in [9.17, 15) is 4.39 Å². The number of halogens is 1. The van der Waals surface area contributed by atoms with Crippen LogP contribution in [0.25, 0.3) is 0 Å². The fourth-order valence-electron chi connectivity index (χ4n) is 2.31. The van der Waals surface area contributed by atoms with Gasteiger partial charge in [0.1, 0.15) is 0 Å². The Bertz CT molecular complexity index is 548. The zero-order valence-corrected chi connectivity index (χ0v) is 11.8. The van der Waals surface area contributed by atoms with Crippen molar-refractivity contribution in [2.24, 2.45) is 27.2 Å². The van der Waals surface area contributed by atoms with Crippen molar-refractivity contribution in [1.29, 1.82) is 0 Å². The highest BCUT2D eigenvalue weighted by atomic mass is 19.1. The molecule has 2 rings (SSSR count). The van der Waals surface area contributed by atoms with E-state index in [0.717, 1.165) is 25.7 Å². The van der Waals surface area contributed by atoms with Gasteiger partial charge in [0.25, 0.3) is 0 Å². The van der Waals surface area contributed by atoms with Crippen LogP contribution < -0.4 is 21.9 Å². The summed E-state index contributed by atoms with van der Waals surface area (Å²) in [6.07, 6.45) is 5.51. The Hall–Kier alpha value is -2.31. The quantitative estimate of drug-likeness (QED) is 0.582. The van der Waals surface area contributed by atoms with Gasteiger partial charge in [0.05, 0.1) is 11.8 Å². The summed E-state index contributed by atoms with van der Waals surface area (Å²) >= 11 is 0. The van der Waals surface area contributed by atoms with Gasteiger partial charge in [-0.1, -0.05) is 6.42 Å². The van der Waals surface area contributed by atoms with Crippen LogP contribution in [0, 0.1) is 5.82 Å². The smallest absolute Gasteiger partial charge is 0.223 e. The average Bonchev–Trinajstić information content (AvgIpc) is 2.42. The van der Waals surface area contributed by atoms with Crippen LogP contribution >= 0.6 is 0 Å². The molecule has 0 amide bonds. The Balaban J connectivity index is 2.08. The third-order valence-electron chi connectivity index (χ3n) is 3.25. The summed E-state index contributed by atoms with van der Waals surface area (Å²) in [7, 11) is 0. The van der Waals surface area contributed by atoms with Gasteiger partial charge in [-0.2, -0.15) is 4.99 Å². The monoisotopic (exact) mass is 293 g/mol. The molecular formula is C14H20FN5O. The Kier molecular flexibility index (Phi) is 4.97. The fourth-order valence-corrected chi connectivity index (χ4v) is 2.31. The van der Waals surface area contributed by atoms with E-state index in [-0.39, 0.29) is 23.8 Å². The maximum absolute atomic E-state index is 14.0. The van der Waals surface area contributed by atoms with Gasteiger partial charge < -0.3 is 21.9 Å². The van der Waals surface area contributed by atoms with Crippen LogP contribution in [0.2, 0.25) is 0 Å². The van der Waals surface area contributed by atoms with Gasteiger partial charge in [-0.25, -0.2) is 9.38 Å². The molecule has 0 bridgehead atoms. The minimum Gasteiger partial charge on any atom is -0.487 e. The van der Waals surface area contributed by atoms with E-state index < -0.39 is 5.82 Å². The van der Waals surface area contributed by atoms with E-state index in [1.54, 1.807) is 12.1 Å². The molecule has 1 aliphatic rings. The van der Waals surface area contributed by atoms with E-state index in [2.05, 4.69) is 9.98 Å². The van der Waals surface area contributed by atoms with Crippen LogP contribution in [0.1, 0.15) is 32.1 Å². The van der Waals surface area contributed by atoms with Crippen molar-refractivity contribution < 1.29 is 9.13 Å². The van der Waals surface area contributed by atoms with Crippen LogP contribution in [0.5, 0.6) is 5.75 Å². The van der Waals surface area contributed by atoms with Crippen molar-refractivity contribution in [3.63, 3.8) is 0 Å². The van der Waals surface area contributed by atoms with Gasteiger partial charge in [0.15, 0.2) is 17.5 Å². The molecule has 1 aromatic carbocycles. The van der Waals surface area contributed by atoms with E-state index in [4.69, 9.17) is 21.9 Å². The predicted octanol–water partition coefficient (Wildman–Crippen LogP) is 1.76. The maximum atomic E-state index is 14.0. The second kappa shape index (κ2) is 6.92. The number of nitrogens with zero attached hydrogens (tertiary/aromatic N) is 2. The lowest BCUT2D eigenvalue weighted by Gasteiger charge is -2.23. The van der Waals surface area contributed by atoms with E-state index in [1.807, 2.05) is 0 Å². The number of hydrogen-bond donors (Lipinski definition) is 3. The molecule has 7 heteroatoms. The largest absolute Gasteiger partial charge is 0.487 e. The molecule has 0 aromatic heterocycles. The fraction of sp³-hybridized carbons (Fsp3) is 0.429. The van der Waals surface area contributed by atoms with Crippen molar-refractivity contribution in [3.05, 3.63) is 24.0 Å².